The van der Waals surface area contributed by atoms with Gasteiger partial charge in [-0.25, -0.2) is 0 Å². The van der Waals surface area contributed by atoms with Crippen molar-refractivity contribution in [3.05, 3.63) is 88.7 Å². The van der Waals surface area contributed by atoms with Crippen LogP contribution in [0.5, 0.6) is 11.5 Å². The van der Waals surface area contributed by atoms with E-state index in [9.17, 15) is 14.4 Å². The Labute approximate surface area is 215 Å². The average Bonchev–Trinajstić information content (AvgIpc) is 3.51. The van der Waals surface area contributed by atoms with Crippen molar-refractivity contribution in [1.29, 1.82) is 0 Å². The van der Waals surface area contributed by atoms with Crippen LogP contribution in [0.1, 0.15) is 63.1 Å². The number of ketones is 2. The second kappa shape index (κ2) is 10.2. The highest BCUT2D eigenvalue weighted by atomic mass is 16.5. The number of ether oxygens (including phenoxy) is 3. The van der Waals surface area contributed by atoms with Crippen LogP contribution >= 0.6 is 0 Å². The summed E-state index contributed by atoms with van der Waals surface area (Å²) in [5.74, 6) is 0.108. The Morgan fingerprint density at radius 1 is 0.892 bits per heavy atom. The molecule has 1 heterocycles. The number of pyridine rings is 1. The van der Waals surface area contributed by atoms with E-state index in [1.165, 1.54) is 7.11 Å². The SMILES string of the molecule is COC(=O)Cc1ccc2c(c1)C(=O)C(Cc1ccncc1)(c1ccc(OC)c(OC3CCCC3)c1)C2=O. The summed E-state index contributed by atoms with van der Waals surface area (Å²) in [6.07, 6.45) is 7.71. The Hall–Kier alpha value is -4.00. The molecule has 2 aliphatic carbocycles. The number of carbonyl (C=O) groups is 3. The molecule has 1 atom stereocenters. The third-order valence-corrected chi connectivity index (χ3v) is 7.40. The van der Waals surface area contributed by atoms with E-state index < -0.39 is 11.4 Å². The van der Waals surface area contributed by atoms with E-state index in [0.717, 1.165) is 31.2 Å². The maximum Gasteiger partial charge on any atom is 0.309 e. The fraction of sp³-hybridized carbons (Fsp3) is 0.333. The van der Waals surface area contributed by atoms with Crippen molar-refractivity contribution in [2.45, 2.75) is 50.0 Å². The predicted molar refractivity (Wildman–Crippen MR) is 136 cm³/mol. The van der Waals surface area contributed by atoms with Crippen LogP contribution in [0.25, 0.3) is 0 Å². The minimum Gasteiger partial charge on any atom is -0.493 e. The van der Waals surface area contributed by atoms with Gasteiger partial charge in [0.25, 0.3) is 0 Å². The monoisotopic (exact) mass is 499 g/mol. The summed E-state index contributed by atoms with van der Waals surface area (Å²) >= 11 is 0. The van der Waals surface area contributed by atoms with E-state index >= 15 is 0 Å². The van der Waals surface area contributed by atoms with Crippen LogP contribution in [-0.2, 0) is 27.8 Å². The maximum atomic E-state index is 14.2. The van der Waals surface area contributed by atoms with Gasteiger partial charge in [0, 0.05) is 23.5 Å². The van der Waals surface area contributed by atoms with Gasteiger partial charge in [-0.05, 0) is 79.1 Å². The second-order valence-electron chi connectivity index (χ2n) is 9.62. The first-order valence-corrected chi connectivity index (χ1v) is 12.5. The van der Waals surface area contributed by atoms with E-state index in [0.29, 0.717) is 33.8 Å². The lowest BCUT2D eigenvalue weighted by atomic mass is 9.71. The lowest BCUT2D eigenvalue weighted by Crippen LogP contribution is -2.40. The highest BCUT2D eigenvalue weighted by Gasteiger charge is 2.54. The zero-order chi connectivity index (χ0) is 26.0. The number of esters is 1. The number of hydrogen-bond donors (Lipinski definition) is 0. The molecule has 0 spiro atoms. The van der Waals surface area contributed by atoms with Crippen LogP contribution in [0.15, 0.2) is 60.9 Å². The van der Waals surface area contributed by atoms with Crippen molar-refractivity contribution in [3.8, 4) is 11.5 Å². The first kappa shape index (κ1) is 24.7. The van der Waals surface area contributed by atoms with Gasteiger partial charge in [0.1, 0.15) is 5.41 Å². The zero-order valence-corrected chi connectivity index (χ0v) is 21.0. The van der Waals surface area contributed by atoms with Crippen LogP contribution in [0, 0.1) is 0 Å². The molecule has 7 heteroatoms. The summed E-state index contributed by atoms with van der Waals surface area (Å²) in [6.45, 7) is 0. The molecule has 2 aliphatic rings. The van der Waals surface area contributed by atoms with Crippen LogP contribution < -0.4 is 9.47 Å². The molecule has 0 radical (unpaired) electrons. The molecule has 0 bridgehead atoms. The average molecular weight is 500 g/mol. The number of nitrogens with zero attached hydrogens (tertiary/aromatic N) is 1. The van der Waals surface area contributed by atoms with Gasteiger partial charge in [0.15, 0.2) is 23.1 Å². The molecule has 1 saturated carbocycles. The molecule has 7 nitrogen and oxygen atoms in total. The molecule has 5 rings (SSSR count). The highest BCUT2D eigenvalue weighted by molar-refractivity contribution is 6.33. The lowest BCUT2D eigenvalue weighted by Gasteiger charge is -2.28. The van der Waals surface area contributed by atoms with Crippen molar-refractivity contribution in [2.75, 3.05) is 14.2 Å². The summed E-state index contributed by atoms with van der Waals surface area (Å²) in [5.41, 5.74) is 1.17. The topological polar surface area (TPSA) is 91.8 Å². The fourth-order valence-corrected chi connectivity index (χ4v) is 5.44. The molecule has 37 heavy (non-hydrogen) atoms. The Morgan fingerprint density at radius 2 is 1.62 bits per heavy atom. The smallest absolute Gasteiger partial charge is 0.309 e. The lowest BCUT2D eigenvalue weighted by molar-refractivity contribution is -0.139. The number of methoxy groups -OCH3 is 2. The maximum absolute atomic E-state index is 14.2. The van der Waals surface area contributed by atoms with Gasteiger partial charge in [0.2, 0.25) is 0 Å². The molecule has 0 aliphatic heterocycles. The normalized spacial score (nSPS) is 19.1. The van der Waals surface area contributed by atoms with Crippen LogP contribution in [0.3, 0.4) is 0 Å². The van der Waals surface area contributed by atoms with Crippen molar-refractivity contribution < 1.29 is 28.6 Å². The molecule has 1 fully saturated rings. The van der Waals surface area contributed by atoms with Gasteiger partial charge < -0.3 is 14.2 Å². The number of aromatic nitrogens is 1. The third kappa shape index (κ3) is 4.50. The molecule has 0 N–H and O–H groups in total. The number of carbonyl (C=O) groups excluding carboxylic acids is 3. The summed E-state index contributed by atoms with van der Waals surface area (Å²) < 4.78 is 16.6. The molecule has 3 aromatic rings. The Morgan fingerprint density at radius 3 is 2.32 bits per heavy atom. The number of hydrogen-bond acceptors (Lipinski definition) is 7. The van der Waals surface area contributed by atoms with Gasteiger partial charge >= 0.3 is 5.97 Å². The molecule has 190 valence electrons. The number of Topliss-reactive ketones (excluding diaryl/α,β-unsaturated/α-hetero) is 2. The standard InChI is InChI=1S/C30H29NO6/c1-35-25-10-8-21(17-26(25)37-22-5-3-4-6-22)30(18-19-11-13-31-14-12-19)28(33)23-9-7-20(16-27(32)36-2)15-24(23)29(30)34/h7-15,17,22H,3-6,16,18H2,1-2H3. The minimum absolute atomic E-state index is 0.0184. The van der Waals surface area contributed by atoms with Crippen molar-refractivity contribution in [2.24, 2.45) is 0 Å². The van der Waals surface area contributed by atoms with Gasteiger partial charge in [-0.1, -0.05) is 18.2 Å². The second-order valence-corrected chi connectivity index (χ2v) is 9.62. The Bertz CT molecular complexity index is 1350. The van der Waals surface area contributed by atoms with E-state index in [1.807, 2.05) is 12.1 Å². The molecular weight excluding hydrogens is 470 g/mol. The number of fused-ring (bicyclic) bond motifs is 1. The summed E-state index contributed by atoms with van der Waals surface area (Å²) in [4.78, 5) is 44.3. The van der Waals surface area contributed by atoms with Gasteiger partial charge in [-0.15, -0.1) is 0 Å². The quantitative estimate of drug-likeness (QED) is 0.328. The zero-order valence-electron chi connectivity index (χ0n) is 21.0. The molecule has 1 unspecified atom stereocenters. The molecular formula is C30H29NO6. The third-order valence-electron chi connectivity index (χ3n) is 7.40. The van der Waals surface area contributed by atoms with Crippen LogP contribution in [0.4, 0.5) is 0 Å². The van der Waals surface area contributed by atoms with Crippen molar-refractivity contribution in [3.63, 3.8) is 0 Å². The van der Waals surface area contributed by atoms with Gasteiger partial charge in [-0.3, -0.25) is 19.4 Å². The first-order chi connectivity index (χ1) is 18.0. The molecule has 1 aromatic heterocycles. The Kier molecular flexibility index (Phi) is 6.78. The minimum atomic E-state index is -1.48. The highest BCUT2D eigenvalue weighted by Crippen LogP contribution is 2.45. The summed E-state index contributed by atoms with van der Waals surface area (Å²) in [5, 5.41) is 0. The van der Waals surface area contributed by atoms with E-state index in [1.54, 1.807) is 55.9 Å². The van der Waals surface area contributed by atoms with Crippen molar-refractivity contribution >= 4 is 17.5 Å². The van der Waals surface area contributed by atoms with E-state index in [-0.39, 0.29) is 30.5 Å². The Balaban J connectivity index is 1.62. The van der Waals surface area contributed by atoms with E-state index in [4.69, 9.17) is 14.2 Å². The van der Waals surface area contributed by atoms with Gasteiger partial charge in [-0.2, -0.15) is 0 Å². The fourth-order valence-electron chi connectivity index (χ4n) is 5.44. The number of rotatable bonds is 8. The predicted octanol–water partition coefficient (Wildman–Crippen LogP) is 4.69. The molecule has 0 amide bonds. The number of benzene rings is 2. The summed E-state index contributed by atoms with van der Waals surface area (Å²) in [6, 6.07) is 13.9. The molecule has 2 aromatic carbocycles. The molecule has 0 saturated heterocycles. The summed E-state index contributed by atoms with van der Waals surface area (Å²) in [7, 11) is 2.90. The first-order valence-electron chi connectivity index (χ1n) is 12.5. The van der Waals surface area contributed by atoms with Crippen LogP contribution in [-0.4, -0.2) is 42.8 Å². The van der Waals surface area contributed by atoms with Crippen molar-refractivity contribution in [1.82, 2.24) is 4.98 Å². The van der Waals surface area contributed by atoms with Gasteiger partial charge in [0.05, 0.1) is 26.7 Å². The largest absolute Gasteiger partial charge is 0.493 e. The van der Waals surface area contributed by atoms with E-state index in [2.05, 4.69) is 4.98 Å². The van der Waals surface area contributed by atoms with Crippen LogP contribution in [0.2, 0.25) is 0 Å².